The first-order chi connectivity index (χ1) is 14.4. The van der Waals surface area contributed by atoms with Crippen LogP contribution in [0.4, 0.5) is 5.69 Å². The number of ether oxygens (including phenoxy) is 1. The highest BCUT2D eigenvalue weighted by Gasteiger charge is 2.31. The van der Waals surface area contributed by atoms with Crippen molar-refractivity contribution in [2.45, 2.75) is 17.4 Å². The zero-order chi connectivity index (χ0) is 21.3. The van der Waals surface area contributed by atoms with Crippen LogP contribution in [0.2, 0.25) is 0 Å². The molecule has 0 saturated heterocycles. The predicted molar refractivity (Wildman–Crippen MR) is 115 cm³/mol. The summed E-state index contributed by atoms with van der Waals surface area (Å²) in [4.78, 5) is 0.0314. The third kappa shape index (κ3) is 3.87. The largest absolute Gasteiger partial charge is 0.508 e. The van der Waals surface area contributed by atoms with E-state index in [1.807, 2.05) is 36.4 Å². The van der Waals surface area contributed by atoms with Crippen LogP contribution in [0, 0.1) is 0 Å². The minimum atomic E-state index is -3.78. The molecule has 0 bridgehead atoms. The van der Waals surface area contributed by atoms with Crippen molar-refractivity contribution < 1.29 is 18.3 Å². The molecule has 0 fully saturated rings. The summed E-state index contributed by atoms with van der Waals surface area (Å²) in [5.41, 5.74) is 3.22. The molecule has 0 spiro atoms. The van der Waals surface area contributed by atoms with Gasteiger partial charge in [0.2, 0.25) is 10.0 Å². The van der Waals surface area contributed by atoms with Crippen LogP contribution in [0.25, 0.3) is 0 Å². The summed E-state index contributed by atoms with van der Waals surface area (Å²) >= 11 is 0. The lowest BCUT2D eigenvalue weighted by atomic mass is 9.97. The third-order valence-corrected chi connectivity index (χ3v) is 5.99. The number of rotatable bonds is 5. The van der Waals surface area contributed by atoms with Crippen LogP contribution in [0.3, 0.4) is 0 Å². The normalized spacial score (nSPS) is 16.4. The summed E-state index contributed by atoms with van der Waals surface area (Å²) < 4.78 is 28.4. The Balaban J connectivity index is 1.75. The molecule has 154 valence electrons. The van der Waals surface area contributed by atoms with Gasteiger partial charge in [0.25, 0.3) is 0 Å². The second kappa shape index (κ2) is 7.81. The van der Waals surface area contributed by atoms with Gasteiger partial charge in [-0.25, -0.2) is 13.6 Å². The van der Waals surface area contributed by atoms with E-state index < -0.39 is 10.0 Å². The number of hydrogen-bond acceptors (Lipinski definition) is 6. The molecule has 30 heavy (non-hydrogen) atoms. The molecular weight excluding hydrogens is 402 g/mol. The number of anilines is 1. The molecule has 0 radical (unpaired) electrons. The summed E-state index contributed by atoms with van der Waals surface area (Å²) in [5, 5.41) is 22.2. The van der Waals surface area contributed by atoms with Gasteiger partial charge in [0.1, 0.15) is 11.5 Å². The maximum Gasteiger partial charge on any atom is 0.238 e. The Morgan fingerprint density at radius 2 is 1.70 bits per heavy atom. The molecule has 0 aliphatic carbocycles. The summed E-state index contributed by atoms with van der Waals surface area (Å²) in [6, 6.07) is 20.7. The van der Waals surface area contributed by atoms with Crippen LogP contribution in [0.1, 0.15) is 23.6 Å². The minimum absolute atomic E-state index is 0.0314. The number of aromatic hydroxyl groups is 1. The van der Waals surface area contributed by atoms with E-state index in [4.69, 9.17) is 15.0 Å². The average molecular weight is 423 g/mol. The molecule has 7 nitrogen and oxygen atoms in total. The Bertz CT molecular complexity index is 1190. The third-order valence-electron chi connectivity index (χ3n) is 5.06. The van der Waals surface area contributed by atoms with E-state index in [1.165, 1.54) is 12.1 Å². The Labute approximate surface area is 175 Å². The number of primary sulfonamides is 1. The number of phenols is 1. The molecule has 1 atom stereocenters. The number of hydrazone groups is 1. The molecule has 0 aromatic heterocycles. The van der Waals surface area contributed by atoms with Gasteiger partial charge in [0, 0.05) is 12.0 Å². The van der Waals surface area contributed by atoms with E-state index in [9.17, 15) is 13.5 Å². The maximum atomic E-state index is 11.6. The van der Waals surface area contributed by atoms with Gasteiger partial charge in [-0.15, -0.1) is 0 Å². The number of methoxy groups -OCH3 is 1. The van der Waals surface area contributed by atoms with Crippen LogP contribution in [-0.2, 0) is 10.0 Å². The van der Waals surface area contributed by atoms with E-state index in [0.717, 1.165) is 22.6 Å². The smallest absolute Gasteiger partial charge is 0.238 e. The number of sulfonamides is 1. The molecule has 8 heteroatoms. The Morgan fingerprint density at radius 3 is 2.30 bits per heavy atom. The molecule has 4 rings (SSSR count). The summed E-state index contributed by atoms with van der Waals surface area (Å²) in [6.07, 6.45) is 0.570. The van der Waals surface area contributed by atoms with Gasteiger partial charge in [0.05, 0.1) is 29.4 Å². The molecular formula is C22H21N3O4S. The first-order valence-corrected chi connectivity index (χ1v) is 10.8. The molecule has 1 unspecified atom stereocenters. The molecule has 3 N–H and O–H groups in total. The number of nitrogens with two attached hydrogens (primary N) is 1. The Hall–Kier alpha value is -3.36. The second-order valence-electron chi connectivity index (χ2n) is 6.94. The van der Waals surface area contributed by atoms with Crippen molar-refractivity contribution in [1.82, 2.24) is 0 Å². The number of nitrogens with zero attached hydrogens (tertiary/aromatic N) is 2. The second-order valence-corrected chi connectivity index (χ2v) is 8.50. The van der Waals surface area contributed by atoms with Gasteiger partial charge in [-0.2, -0.15) is 5.10 Å². The first kappa shape index (κ1) is 19.9. The van der Waals surface area contributed by atoms with E-state index in [1.54, 1.807) is 36.4 Å². The quantitative estimate of drug-likeness (QED) is 0.654. The van der Waals surface area contributed by atoms with Crippen molar-refractivity contribution in [3.05, 3.63) is 83.9 Å². The van der Waals surface area contributed by atoms with Crippen molar-refractivity contribution in [1.29, 1.82) is 0 Å². The minimum Gasteiger partial charge on any atom is -0.508 e. The van der Waals surface area contributed by atoms with Crippen molar-refractivity contribution in [2.24, 2.45) is 10.2 Å². The van der Waals surface area contributed by atoms with Gasteiger partial charge < -0.3 is 9.84 Å². The predicted octanol–water partition coefficient (Wildman–Crippen LogP) is 3.40. The van der Waals surface area contributed by atoms with Crippen LogP contribution < -0.4 is 14.9 Å². The highest BCUT2D eigenvalue weighted by molar-refractivity contribution is 7.89. The van der Waals surface area contributed by atoms with Gasteiger partial charge in [-0.3, -0.25) is 5.01 Å². The van der Waals surface area contributed by atoms with E-state index in [-0.39, 0.29) is 16.7 Å². The fourth-order valence-corrected chi connectivity index (χ4v) is 4.02. The Kier molecular flexibility index (Phi) is 5.19. The van der Waals surface area contributed by atoms with E-state index in [0.29, 0.717) is 12.1 Å². The topological polar surface area (TPSA) is 105 Å². The highest BCUT2D eigenvalue weighted by atomic mass is 32.2. The number of phenolic OH excluding ortho intramolecular Hbond substituents is 1. The SMILES string of the molecule is COc1ccc(C2=NN(c3ccc(S(N)(=O)=O)cc3)C(c3ccccc3O)C2)cc1. The summed E-state index contributed by atoms with van der Waals surface area (Å²) in [7, 11) is -2.17. The van der Waals surface area contributed by atoms with Crippen LogP contribution >= 0.6 is 0 Å². The number of para-hydroxylation sites is 1. The zero-order valence-corrected chi connectivity index (χ0v) is 17.1. The van der Waals surface area contributed by atoms with E-state index in [2.05, 4.69) is 0 Å². The molecule has 1 aliphatic heterocycles. The fourth-order valence-electron chi connectivity index (χ4n) is 3.51. The first-order valence-electron chi connectivity index (χ1n) is 9.29. The van der Waals surface area contributed by atoms with Crippen molar-refractivity contribution >= 4 is 21.4 Å². The fraction of sp³-hybridized carbons (Fsp3) is 0.136. The van der Waals surface area contributed by atoms with Gasteiger partial charge in [-0.05, 0) is 60.2 Å². The summed E-state index contributed by atoms with van der Waals surface area (Å²) in [5.74, 6) is 0.935. The van der Waals surface area contributed by atoms with Crippen LogP contribution in [0.5, 0.6) is 11.5 Å². The number of benzene rings is 3. The lowest BCUT2D eigenvalue weighted by Crippen LogP contribution is -2.19. The monoisotopic (exact) mass is 423 g/mol. The van der Waals surface area contributed by atoms with Crippen LogP contribution in [0.15, 0.2) is 82.8 Å². The van der Waals surface area contributed by atoms with Gasteiger partial charge in [0.15, 0.2) is 0 Å². The molecule has 1 aliphatic rings. The molecule has 3 aromatic carbocycles. The zero-order valence-electron chi connectivity index (χ0n) is 16.3. The molecule has 3 aromatic rings. The standard InChI is InChI=1S/C22H21N3O4S/c1-29-17-10-6-15(7-11-17)20-14-21(19-4-2-3-5-22(19)26)25(24-20)16-8-12-18(13-9-16)30(23,27)28/h2-13,21,26H,14H2,1H3,(H2,23,27,28). The lowest BCUT2D eigenvalue weighted by Gasteiger charge is -2.24. The molecule has 0 amide bonds. The van der Waals surface area contributed by atoms with E-state index >= 15 is 0 Å². The van der Waals surface area contributed by atoms with Crippen molar-refractivity contribution in [3.63, 3.8) is 0 Å². The summed E-state index contributed by atoms with van der Waals surface area (Å²) in [6.45, 7) is 0. The van der Waals surface area contributed by atoms with Crippen molar-refractivity contribution in [2.75, 3.05) is 12.1 Å². The average Bonchev–Trinajstić information content (AvgIpc) is 3.19. The highest BCUT2D eigenvalue weighted by Crippen LogP contribution is 2.40. The number of hydrogen-bond donors (Lipinski definition) is 2. The lowest BCUT2D eigenvalue weighted by molar-refractivity contribution is 0.415. The van der Waals surface area contributed by atoms with Crippen LogP contribution in [-0.4, -0.2) is 26.3 Å². The molecule has 0 saturated carbocycles. The maximum absolute atomic E-state index is 11.6. The van der Waals surface area contributed by atoms with Gasteiger partial charge >= 0.3 is 0 Å². The van der Waals surface area contributed by atoms with Crippen molar-refractivity contribution in [3.8, 4) is 11.5 Å². The van der Waals surface area contributed by atoms with Gasteiger partial charge in [-0.1, -0.05) is 18.2 Å². The molecule has 1 heterocycles. The Morgan fingerprint density at radius 1 is 1.03 bits per heavy atom.